The van der Waals surface area contributed by atoms with Crippen molar-refractivity contribution in [3.8, 4) is 0 Å². The molecular formula is C17H18N6O. The van der Waals surface area contributed by atoms with Gasteiger partial charge in [-0.2, -0.15) is 5.10 Å². The molecule has 0 bridgehead atoms. The van der Waals surface area contributed by atoms with Crippen LogP contribution in [0.15, 0.2) is 42.9 Å². The van der Waals surface area contributed by atoms with Gasteiger partial charge in [0.2, 0.25) is 5.91 Å². The van der Waals surface area contributed by atoms with Crippen LogP contribution in [0.25, 0.3) is 11.0 Å². The number of hydrogen-bond acceptors (Lipinski definition) is 5. The van der Waals surface area contributed by atoms with Crippen molar-refractivity contribution in [2.24, 2.45) is 7.05 Å². The number of para-hydroxylation sites is 1. The number of carbonyl (C=O) groups excluding carboxylic acids is 1. The van der Waals surface area contributed by atoms with Gasteiger partial charge in [0.25, 0.3) is 0 Å². The fraction of sp³-hybridized carbons (Fsp3) is 0.294. The Balaban J connectivity index is 1.61. The minimum Gasteiger partial charge on any atom is -0.358 e. The van der Waals surface area contributed by atoms with Crippen LogP contribution in [0.3, 0.4) is 0 Å². The van der Waals surface area contributed by atoms with Gasteiger partial charge in [-0.3, -0.25) is 9.48 Å². The van der Waals surface area contributed by atoms with Crippen LogP contribution in [0.1, 0.15) is 12.8 Å². The molecule has 24 heavy (non-hydrogen) atoms. The molecular weight excluding hydrogens is 304 g/mol. The molecule has 0 spiro atoms. The van der Waals surface area contributed by atoms with Crippen LogP contribution in [-0.2, 0) is 11.8 Å². The molecule has 7 heteroatoms. The number of nitrogens with zero attached hydrogens (tertiary/aromatic N) is 5. The molecule has 3 aromatic rings. The van der Waals surface area contributed by atoms with E-state index in [2.05, 4.69) is 20.4 Å². The van der Waals surface area contributed by atoms with Gasteiger partial charge < -0.3 is 10.2 Å². The zero-order chi connectivity index (χ0) is 16.5. The summed E-state index contributed by atoms with van der Waals surface area (Å²) >= 11 is 0. The summed E-state index contributed by atoms with van der Waals surface area (Å²) in [5.41, 5.74) is 1.68. The van der Waals surface area contributed by atoms with Gasteiger partial charge in [-0.1, -0.05) is 18.2 Å². The molecule has 1 saturated heterocycles. The van der Waals surface area contributed by atoms with E-state index in [1.807, 2.05) is 42.3 Å². The number of aromatic nitrogens is 4. The topological polar surface area (TPSA) is 75.9 Å². The molecule has 1 fully saturated rings. The first-order valence-electron chi connectivity index (χ1n) is 8.00. The minimum atomic E-state index is -0.294. The van der Waals surface area contributed by atoms with Crippen molar-refractivity contribution in [3.63, 3.8) is 0 Å². The van der Waals surface area contributed by atoms with E-state index in [0.717, 1.165) is 36.1 Å². The summed E-state index contributed by atoms with van der Waals surface area (Å²) in [6.45, 7) is 0.743. The average molecular weight is 322 g/mol. The number of benzene rings is 1. The zero-order valence-corrected chi connectivity index (χ0v) is 13.4. The third-order valence-electron chi connectivity index (χ3n) is 4.35. The molecule has 0 aliphatic carbocycles. The van der Waals surface area contributed by atoms with E-state index in [4.69, 9.17) is 0 Å². The summed E-state index contributed by atoms with van der Waals surface area (Å²) in [7, 11) is 1.84. The van der Waals surface area contributed by atoms with Gasteiger partial charge in [-0.05, 0) is 25.0 Å². The second kappa shape index (κ2) is 5.92. The lowest BCUT2D eigenvalue weighted by Gasteiger charge is -2.33. The average Bonchev–Trinajstić information content (AvgIpc) is 3.00. The molecule has 2 aromatic heterocycles. The molecule has 1 aromatic carbocycles. The van der Waals surface area contributed by atoms with Crippen LogP contribution >= 0.6 is 0 Å². The Morgan fingerprint density at radius 1 is 1.21 bits per heavy atom. The van der Waals surface area contributed by atoms with Crippen molar-refractivity contribution in [1.82, 2.24) is 19.7 Å². The van der Waals surface area contributed by atoms with Gasteiger partial charge in [-0.25, -0.2) is 9.97 Å². The number of aryl methyl sites for hydroxylation is 1. The van der Waals surface area contributed by atoms with Crippen LogP contribution in [0.2, 0.25) is 0 Å². The fourth-order valence-electron chi connectivity index (χ4n) is 3.12. The van der Waals surface area contributed by atoms with Crippen molar-refractivity contribution in [1.29, 1.82) is 0 Å². The summed E-state index contributed by atoms with van der Waals surface area (Å²) in [5, 5.41) is 8.32. The van der Waals surface area contributed by atoms with E-state index >= 15 is 0 Å². The quantitative estimate of drug-likeness (QED) is 0.798. The van der Waals surface area contributed by atoms with Crippen molar-refractivity contribution in [3.05, 3.63) is 42.9 Å². The maximum Gasteiger partial charge on any atom is 0.249 e. The van der Waals surface area contributed by atoms with E-state index in [0.29, 0.717) is 5.82 Å². The standard InChI is InChI=1S/C17H18N6O/c1-22-16-13(10-20-22)15(18-11-19-16)21-14-8-5-9-23(17(14)24)12-6-3-2-4-7-12/h2-4,6-7,10-11,14H,5,8-9H2,1H3,(H,18,19,21). The van der Waals surface area contributed by atoms with Crippen molar-refractivity contribution >= 4 is 28.4 Å². The van der Waals surface area contributed by atoms with Crippen LogP contribution in [0.5, 0.6) is 0 Å². The third-order valence-corrected chi connectivity index (χ3v) is 4.35. The Labute approximate surface area is 139 Å². The highest BCUT2D eigenvalue weighted by atomic mass is 16.2. The smallest absolute Gasteiger partial charge is 0.249 e. The molecule has 1 aliphatic heterocycles. The highest BCUT2D eigenvalue weighted by Gasteiger charge is 2.30. The first-order chi connectivity index (χ1) is 11.7. The third kappa shape index (κ3) is 2.47. The van der Waals surface area contributed by atoms with Crippen LogP contribution in [0, 0.1) is 0 Å². The first-order valence-corrected chi connectivity index (χ1v) is 8.00. The number of fused-ring (bicyclic) bond motifs is 1. The van der Waals surface area contributed by atoms with E-state index in [1.54, 1.807) is 10.9 Å². The molecule has 1 unspecified atom stereocenters. The summed E-state index contributed by atoms with van der Waals surface area (Å²) in [4.78, 5) is 23.2. The van der Waals surface area contributed by atoms with Crippen molar-refractivity contribution in [2.45, 2.75) is 18.9 Å². The second-order valence-electron chi connectivity index (χ2n) is 5.89. The number of carbonyl (C=O) groups is 1. The highest BCUT2D eigenvalue weighted by Crippen LogP contribution is 2.24. The molecule has 122 valence electrons. The fourth-order valence-corrected chi connectivity index (χ4v) is 3.12. The number of anilines is 2. The Kier molecular flexibility index (Phi) is 3.60. The number of nitrogens with one attached hydrogen (secondary N) is 1. The lowest BCUT2D eigenvalue weighted by molar-refractivity contribution is -0.120. The largest absolute Gasteiger partial charge is 0.358 e. The van der Waals surface area contributed by atoms with Crippen molar-refractivity contribution in [2.75, 3.05) is 16.8 Å². The van der Waals surface area contributed by atoms with Gasteiger partial charge in [-0.15, -0.1) is 0 Å². The van der Waals surface area contributed by atoms with Crippen LogP contribution in [-0.4, -0.2) is 38.2 Å². The molecule has 1 aliphatic rings. The molecule has 4 rings (SSSR count). The molecule has 1 N–H and O–H groups in total. The maximum atomic E-state index is 12.9. The molecule has 3 heterocycles. The lowest BCUT2D eigenvalue weighted by Crippen LogP contribution is -2.47. The van der Waals surface area contributed by atoms with Gasteiger partial charge in [0.05, 0.1) is 11.6 Å². The molecule has 1 atom stereocenters. The zero-order valence-electron chi connectivity index (χ0n) is 13.4. The lowest BCUT2D eigenvalue weighted by atomic mass is 10.0. The normalized spacial score (nSPS) is 18.1. The van der Waals surface area contributed by atoms with Gasteiger partial charge in [0.1, 0.15) is 18.2 Å². The Bertz CT molecular complexity index is 875. The Hall–Kier alpha value is -2.96. The maximum absolute atomic E-state index is 12.9. The van der Waals surface area contributed by atoms with Gasteiger partial charge in [0.15, 0.2) is 5.65 Å². The second-order valence-corrected chi connectivity index (χ2v) is 5.89. The molecule has 0 radical (unpaired) electrons. The summed E-state index contributed by atoms with van der Waals surface area (Å²) in [5.74, 6) is 0.726. The molecule has 7 nitrogen and oxygen atoms in total. The SMILES string of the molecule is Cn1ncc2c(NC3CCCN(c4ccccc4)C3=O)ncnc21. The predicted molar refractivity (Wildman–Crippen MR) is 91.7 cm³/mol. The van der Waals surface area contributed by atoms with Crippen molar-refractivity contribution < 1.29 is 4.79 Å². The van der Waals surface area contributed by atoms with Crippen LogP contribution in [0.4, 0.5) is 11.5 Å². The summed E-state index contributed by atoms with van der Waals surface area (Å²) in [6, 6.07) is 9.48. The Morgan fingerprint density at radius 3 is 2.88 bits per heavy atom. The predicted octanol–water partition coefficient (Wildman–Crippen LogP) is 1.97. The van der Waals surface area contributed by atoms with Gasteiger partial charge >= 0.3 is 0 Å². The highest BCUT2D eigenvalue weighted by molar-refractivity contribution is 6.00. The number of rotatable bonds is 3. The minimum absolute atomic E-state index is 0.0723. The van der Waals surface area contributed by atoms with Gasteiger partial charge in [0, 0.05) is 19.3 Å². The number of amides is 1. The summed E-state index contributed by atoms with van der Waals surface area (Å²) in [6.07, 6.45) is 4.95. The molecule has 0 saturated carbocycles. The monoisotopic (exact) mass is 322 g/mol. The van der Waals surface area contributed by atoms with E-state index in [-0.39, 0.29) is 11.9 Å². The number of piperidine rings is 1. The van der Waals surface area contributed by atoms with Crippen LogP contribution < -0.4 is 10.2 Å². The van der Waals surface area contributed by atoms with E-state index < -0.39 is 0 Å². The molecule has 1 amide bonds. The number of hydrogen-bond donors (Lipinski definition) is 1. The first kappa shape index (κ1) is 14.6. The van der Waals surface area contributed by atoms with E-state index in [9.17, 15) is 4.79 Å². The van der Waals surface area contributed by atoms with E-state index in [1.165, 1.54) is 6.33 Å². The summed E-state index contributed by atoms with van der Waals surface area (Å²) < 4.78 is 1.70. The Morgan fingerprint density at radius 2 is 2.04 bits per heavy atom.